The van der Waals surface area contributed by atoms with E-state index in [4.69, 9.17) is 4.74 Å². The van der Waals surface area contributed by atoms with Crippen LogP contribution in [0.5, 0.6) is 5.75 Å². The molecule has 0 saturated carbocycles. The van der Waals surface area contributed by atoms with Crippen LogP contribution in [0, 0.1) is 5.92 Å². The highest BCUT2D eigenvalue weighted by Crippen LogP contribution is 2.36. The largest absolute Gasteiger partial charge is 0.496 e. The van der Waals surface area contributed by atoms with Crippen LogP contribution in [0.25, 0.3) is 0 Å². The van der Waals surface area contributed by atoms with Crippen molar-refractivity contribution in [1.82, 2.24) is 14.8 Å². The van der Waals surface area contributed by atoms with Crippen LogP contribution < -0.4 is 4.74 Å². The Hall–Kier alpha value is -2.40. The average molecular weight is 339 g/mol. The summed E-state index contributed by atoms with van der Waals surface area (Å²) in [6.45, 7) is 1.74. The van der Waals surface area contributed by atoms with Crippen LogP contribution >= 0.6 is 0 Å². The molecule has 1 aliphatic heterocycles. The quantitative estimate of drug-likeness (QED) is 0.840. The predicted molar refractivity (Wildman–Crippen MR) is 97.7 cm³/mol. The van der Waals surface area contributed by atoms with Crippen LogP contribution in [0.3, 0.4) is 0 Å². The third kappa shape index (κ3) is 3.66. The van der Waals surface area contributed by atoms with E-state index in [-0.39, 0.29) is 5.91 Å². The highest BCUT2D eigenvalue weighted by atomic mass is 16.5. The zero-order valence-electron chi connectivity index (χ0n) is 15.1. The monoisotopic (exact) mass is 339 g/mol. The first-order chi connectivity index (χ1) is 12.1. The Morgan fingerprint density at radius 2 is 2.12 bits per heavy atom. The maximum atomic E-state index is 12.9. The summed E-state index contributed by atoms with van der Waals surface area (Å²) in [6, 6.07) is 11.8. The van der Waals surface area contributed by atoms with E-state index in [2.05, 4.69) is 23.0 Å². The van der Waals surface area contributed by atoms with Crippen molar-refractivity contribution in [3.8, 4) is 5.75 Å². The summed E-state index contributed by atoms with van der Waals surface area (Å²) in [7, 11) is 5.60. The zero-order chi connectivity index (χ0) is 17.8. The summed E-state index contributed by atoms with van der Waals surface area (Å²) < 4.78 is 5.33. The third-order valence-electron chi connectivity index (χ3n) is 4.99. The number of rotatable bonds is 5. The molecule has 1 aromatic carbocycles. The summed E-state index contributed by atoms with van der Waals surface area (Å²) >= 11 is 0. The number of para-hydroxylation sites is 1. The molecule has 5 heteroatoms. The van der Waals surface area contributed by atoms with Crippen LogP contribution in [0.15, 0.2) is 48.8 Å². The minimum absolute atomic E-state index is 0.00283. The van der Waals surface area contributed by atoms with Crippen molar-refractivity contribution in [2.45, 2.75) is 12.5 Å². The number of nitrogens with zero attached hydrogens (tertiary/aromatic N) is 3. The van der Waals surface area contributed by atoms with E-state index in [1.165, 1.54) is 5.56 Å². The molecule has 132 valence electrons. The molecule has 2 aromatic rings. The summed E-state index contributed by atoms with van der Waals surface area (Å²) in [5.74, 6) is 1.00. The molecular weight excluding hydrogens is 314 g/mol. The van der Waals surface area contributed by atoms with Crippen LogP contribution in [0.1, 0.15) is 28.4 Å². The van der Waals surface area contributed by atoms with E-state index in [1.807, 2.05) is 48.5 Å². The molecule has 1 amide bonds. The highest BCUT2D eigenvalue weighted by molar-refractivity contribution is 5.96. The molecule has 1 fully saturated rings. The lowest BCUT2D eigenvalue weighted by Crippen LogP contribution is -2.34. The molecule has 2 atom stereocenters. The van der Waals surface area contributed by atoms with Gasteiger partial charge in [0.25, 0.3) is 5.91 Å². The minimum Gasteiger partial charge on any atom is -0.496 e. The van der Waals surface area contributed by atoms with Crippen molar-refractivity contribution >= 4 is 5.91 Å². The molecule has 1 saturated heterocycles. The standard InChI is InChI=1S/C20H25N3O2/c1-22-12-10-16(19(22)15-7-6-11-21-13-15)14-23(2)20(24)17-8-4-5-9-18(17)25-3/h4-9,11,13,16,19H,10,12,14H2,1-3H3/t16-,19-/m0/s1. The van der Waals surface area contributed by atoms with Gasteiger partial charge in [-0.3, -0.25) is 14.7 Å². The first-order valence-electron chi connectivity index (χ1n) is 8.60. The number of carbonyl (C=O) groups is 1. The molecule has 0 N–H and O–H groups in total. The van der Waals surface area contributed by atoms with Gasteiger partial charge in [0.15, 0.2) is 0 Å². The van der Waals surface area contributed by atoms with Gasteiger partial charge in [0.05, 0.1) is 12.7 Å². The number of methoxy groups -OCH3 is 1. The molecule has 0 bridgehead atoms. The summed E-state index contributed by atoms with van der Waals surface area (Å²) in [5.41, 5.74) is 1.82. The van der Waals surface area contributed by atoms with Crippen molar-refractivity contribution in [2.24, 2.45) is 5.92 Å². The van der Waals surface area contributed by atoms with Gasteiger partial charge in [-0.15, -0.1) is 0 Å². The number of benzene rings is 1. The first-order valence-corrected chi connectivity index (χ1v) is 8.60. The lowest BCUT2D eigenvalue weighted by molar-refractivity contribution is 0.0757. The van der Waals surface area contributed by atoms with E-state index in [0.717, 1.165) is 13.0 Å². The number of ether oxygens (including phenoxy) is 1. The fraction of sp³-hybridized carbons (Fsp3) is 0.400. The number of hydrogen-bond donors (Lipinski definition) is 0. The Bertz CT molecular complexity index is 720. The Morgan fingerprint density at radius 1 is 1.32 bits per heavy atom. The maximum Gasteiger partial charge on any atom is 0.257 e. The van der Waals surface area contributed by atoms with Crippen LogP contribution in [-0.2, 0) is 0 Å². The summed E-state index contributed by atoms with van der Waals surface area (Å²) in [5, 5.41) is 0. The van der Waals surface area contributed by atoms with E-state index in [9.17, 15) is 4.79 Å². The zero-order valence-corrected chi connectivity index (χ0v) is 15.1. The molecule has 0 aliphatic carbocycles. The molecule has 1 aliphatic rings. The number of aromatic nitrogens is 1. The highest BCUT2D eigenvalue weighted by Gasteiger charge is 2.34. The van der Waals surface area contributed by atoms with Crippen LogP contribution in [0.2, 0.25) is 0 Å². The SMILES string of the molecule is COc1ccccc1C(=O)N(C)C[C@@H]1CCN(C)[C@H]1c1cccnc1. The van der Waals surface area contributed by atoms with Crippen molar-refractivity contribution < 1.29 is 9.53 Å². The Kier molecular flexibility index (Phi) is 5.34. The Morgan fingerprint density at radius 3 is 2.84 bits per heavy atom. The normalized spacial score (nSPS) is 20.4. The van der Waals surface area contributed by atoms with E-state index < -0.39 is 0 Å². The number of amides is 1. The van der Waals surface area contributed by atoms with Crippen molar-refractivity contribution in [3.63, 3.8) is 0 Å². The average Bonchev–Trinajstić information content (AvgIpc) is 3.01. The maximum absolute atomic E-state index is 12.9. The lowest BCUT2D eigenvalue weighted by Gasteiger charge is -2.29. The van der Waals surface area contributed by atoms with Gasteiger partial charge in [0.2, 0.25) is 0 Å². The number of pyridine rings is 1. The number of likely N-dealkylation sites (tertiary alicyclic amines) is 1. The predicted octanol–water partition coefficient (Wildman–Crippen LogP) is 2.86. The fourth-order valence-corrected chi connectivity index (χ4v) is 3.76. The first kappa shape index (κ1) is 17.4. The molecule has 1 aromatic heterocycles. The van der Waals surface area contributed by atoms with E-state index in [1.54, 1.807) is 13.3 Å². The van der Waals surface area contributed by atoms with Crippen molar-refractivity contribution in [1.29, 1.82) is 0 Å². The second kappa shape index (κ2) is 7.66. The second-order valence-corrected chi connectivity index (χ2v) is 6.65. The van der Waals surface area contributed by atoms with E-state index >= 15 is 0 Å². The minimum atomic E-state index is -0.00283. The Balaban J connectivity index is 1.75. The molecule has 3 rings (SSSR count). The molecule has 0 spiro atoms. The molecule has 0 unspecified atom stereocenters. The number of hydrogen-bond acceptors (Lipinski definition) is 4. The van der Waals surface area contributed by atoms with Gasteiger partial charge in [-0.25, -0.2) is 0 Å². The Labute approximate surface area is 149 Å². The van der Waals surface area contributed by atoms with Gasteiger partial charge in [0.1, 0.15) is 5.75 Å². The molecule has 5 nitrogen and oxygen atoms in total. The second-order valence-electron chi connectivity index (χ2n) is 6.65. The molecular formula is C20H25N3O2. The smallest absolute Gasteiger partial charge is 0.257 e. The topological polar surface area (TPSA) is 45.7 Å². The van der Waals surface area contributed by atoms with Crippen molar-refractivity contribution in [2.75, 3.05) is 34.3 Å². The van der Waals surface area contributed by atoms with Gasteiger partial charge in [0, 0.05) is 32.0 Å². The lowest BCUT2D eigenvalue weighted by atomic mass is 9.94. The summed E-state index contributed by atoms with van der Waals surface area (Å²) in [4.78, 5) is 21.3. The molecule has 2 heterocycles. The van der Waals surface area contributed by atoms with Gasteiger partial charge in [-0.2, -0.15) is 0 Å². The number of carbonyl (C=O) groups excluding carboxylic acids is 1. The van der Waals surface area contributed by atoms with Gasteiger partial charge >= 0.3 is 0 Å². The molecule has 0 radical (unpaired) electrons. The van der Waals surface area contributed by atoms with Gasteiger partial charge < -0.3 is 9.64 Å². The van der Waals surface area contributed by atoms with Crippen LogP contribution in [0.4, 0.5) is 0 Å². The van der Waals surface area contributed by atoms with Gasteiger partial charge in [-0.05, 0) is 49.7 Å². The van der Waals surface area contributed by atoms with Gasteiger partial charge in [-0.1, -0.05) is 18.2 Å². The van der Waals surface area contributed by atoms with Crippen molar-refractivity contribution in [3.05, 3.63) is 59.9 Å². The molecule has 25 heavy (non-hydrogen) atoms. The summed E-state index contributed by atoms with van der Waals surface area (Å²) in [6.07, 6.45) is 4.80. The van der Waals surface area contributed by atoms with Crippen LogP contribution in [-0.4, -0.2) is 55.0 Å². The van der Waals surface area contributed by atoms with E-state index in [0.29, 0.717) is 29.8 Å². The third-order valence-corrected chi connectivity index (χ3v) is 4.99. The fourth-order valence-electron chi connectivity index (χ4n) is 3.76.